The molecule has 0 bridgehead atoms. The van der Waals surface area contributed by atoms with Crippen molar-refractivity contribution in [3.8, 4) is 0 Å². The second kappa shape index (κ2) is 7.63. The van der Waals surface area contributed by atoms with Crippen LogP contribution in [0.4, 0.5) is 0 Å². The van der Waals surface area contributed by atoms with Gasteiger partial charge in [-0.25, -0.2) is 4.98 Å². The highest BCUT2D eigenvalue weighted by molar-refractivity contribution is 7.08. The fourth-order valence-electron chi connectivity index (χ4n) is 4.86. The minimum absolute atomic E-state index is 0.0360. The van der Waals surface area contributed by atoms with Gasteiger partial charge in [0.1, 0.15) is 5.82 Å². The maximum atomic E-state index is 12.8. The molecule has 1 unspecified atom stereocenters. The van der Waals surface area contributed by atoms with Crippen molar-refractivity contribution in [2.75, 3.05) is 26.2 Å². The highest BCUT2D eigenvalue weighted by Crippen LogP contribution is 2.49. The van der Waals surface area contributed by atoms with E-state index in [1.165, 1.54) is 5.56 Å². The van der Waals surface area contributed by atoms with Gasteiger partial charge in [-0.15, -0.1) is 0 Å². The van der Waals surface area contributed by atoms with Crippen LogP contribution in [0, 0.1) is 5.41 Å². The van der Waals surface area contributed by atoms with E-state index >= 15 is 0 Å². The molecule has 1 aromatic carbocycles. The van der Waals surface area contributed by atoms with Gasteiger partial charge in [0.05, 0.1) is 5.56 Å². The average Bonchev–Trinajstić information content (AvgIpc) is 3.46. The van der Waals surface area contributed by atoms with Crippen molar-refractivity contribution in [3.05, 3.63) is 69.9 Å². The molecule has 2 fully saturated rings. The van der Waals surface area contributed by atoms with Gasteiger partial charge in [0.15, 0.2) is 5.82 Å². The maximum Gasteiger partial charge on any atom is 0.254 e. The van der Waals surface area contributed by atoms with Gasteiger partial charge in [-0.2, -0.15) is 16.4 Å². The molecule has 156 valence electrons. The van der Waals surface area contributed by atoms with Crippen LogP contribution in [0.1, 0.15) is 53.3 Å². The summed E-state index contributed by atoms with van der Waals surface area (Å²) in [6.07, 6.45) is 0. The smallest absolute Gasteiger partial charge is 0.254 e. The summed E-state index contributed by atoms with van der Waals surface area (Å²) in [5.74, 6) is 2.53. The summed E-state index contributed by atoms with van der Waals surface area (Å²) in [5.41, 5.74) is 2.15. The van der Waals surface area contributed by atoms with Crippen molar-refractivity contribution < 1.29 is 4.79 Å². The van der Waals surface area contributed by atoms with Crippen molar-refractivity contribution >= 4 is 17.2 Å². The predicted molar refractivity (Wildman–Crippen MR) is 118 cm³/mol. The topological polar surface area (TPSA) is 65.1 Å². The number of rotatable bonds is 5. The molecule has 6 nitrogen and oxygen atoms in total. The Morgan fingerprint density at radius 3 is 2.70 bits per heavy atom. The SMILES string of the molecule is CC(C)c1n[nH]c(C2CN(Cc3ccccc3)CC23CN(C(=O)c2ccsc2)C3)n1. The van der Waals surface area contributed by atoms with E-state index in [-0.39, 0.29) is 17.2 Å². The number of thiophene rings is 1. The first-order chi connectivity index (χ1) is 14.5. The Morgan fingerprint density at radius 2 is 2.03 bits per heavy atom. The summed E-state index contributed by atoms with van der Waals surface area (Å²) >= 11 is 1.57. The van der Waals surface area contributed by atoms with Gasteiger partial charge in [-0.3, -0.25) is 14.8 Å². The predicted octanol–water partition coefficient (Wildman–Crippen LogP) is 3.73. The van der Waals surface area contributed by atoms with Crippen LogP contribution >= 0.6 is 11.3 Å². The summed E-state index contributed by atoms with van der Waals surface area (Å²) in [4.78, 5) is 22.1. The third kappa shape index (κ3) is 3.46. The second-order valence-electron chi connectivity index (χ2n) is 8.98. The Morgan fingerprint density at radius 1 is 1.23 bits per heavy atom. The molecule has 1 amide bonds. The number of hydrogen-bond donors (Lipinski definition) is 1. The molecule has 1 spiro atoms. The second-order valence-corrected chi connectivity index (χ2v) is 9.76. The molecule has 30 heavy (non-hydrogen) atoms. The number of nitrogens with one attached hydrogen (secondary N) is 1. The van der Waals surface area contributed by atoms with E-state index in [1.54, 1.807) is 11.3 Å². The standard InChI is InChI=1S/C23H27N5OS/c1-16(2)20-24-21(26-25-20)19-11-27(10-17-6-4-3-5-7-17)13-23(19)14-28(15-23)22(29)18-8-9-30-12-18/h3-9,12,16,19H,10-11,13-15H2,1-2H3,(H,24,25,26). The van der Waals surface area contributed by atoms with E-state index in [9.17, 15) is 4.79 Å². The van der Waals surface area contributed by atoms with Crippen LogP contribution < -0.4 is 0 Å². The molecule has 2 aliphatic heterocycles. The highest BCUT2D eigenvalue weighted by Gasteiger charge is 2.56. The Bertz CT molecular complexity index is 1010. The lowest BCUT2D eigenvalue weighted by Crippen LogP contribution is -2.61. The number of aromatic nitrogens is 3. The van der Waals surface area contributed by atoms with E-state index in [2.05, 4.69) is 59.3 Å². The van der Waals surface area contributed by atoms with E-state index in [0.717, 1.165) is 49.9 Å². The number of nitrogens with zero attached hydrogens (tertiary/aromatic N) is 4. The molecule has 1 atom stereocenters. The average molecular weight is 422 g/mol. The summed E-state index contributed by atoms with van der Waals surface area (Å²) in [6.45, 7) is 8.60. The first-order valence-corrected chi connectivity index (χ1v) is 11.5. The van der Waals surface area contributed by atoms with E-state index in [1.807, 2.05) is 21.7 Å². The largest absolute Gasteiger partial charge is 0.337 e. The normalized spacial score (nSPS) is 20.8. The molecule has 2 aromatic heterocycles. The van der Waals surface area contributed by atoms with E-state index in [0.29, 0.717) is 5.92 Å². The molecule has 2 aliphatic rings. The molecule has 2 saturated heterocycles. The maximum absolute atomic E-state index is 12.8. The quantitative estimate of drug-likeness (QED) is 0.682. The minimum atomic E-state index is 0.0360. The van der Waals surface area contributed by atoms with Crippen LogP contribution in [-0.2, 0) is 6.54 Å². The van der Waals surface area contributed by atoms with Crippen LogP contribution in [-0.4, -0.2) is 57.1 Å². The number of carbonyl (C=O) groups excluding carboxylic acids is 1. The monoisotopic (exact) mass is 421 g/mol. The van der Waals surface area contributed by atoms with Crippen molar-refractivity contribution in [2.45, 2.75) is 32.2 Å². The van der Waals surface area contributed by atoms with E-state index in [4.69, 9.17) is 4.98 Å². The third-order valence-electron chi connectivity index (χ3n) is 6.40. The van der Waals surface area contributed by atoms with Crippen molar-refractivity contribution in [1.82, 2.24) is 25.0 Å². The molecule has 4 heterocycles. The molecule has 0 aliphatic carbocycles. The molecular formula is C23H27N5OS. The minimum Gasteiger partial charge on any atom is -0.337 e. The zero-order valence-corrected chi connectivity index (χ0v) is 18.2. The fourth-order valence-corrected chi connectivity index (χ4v) is 5.49. The Hall–Kier alpha value is -2.51. The van der Waals surface area contributed by atoms with Crippen LogP contribution in [0.25, 0.3) is 0 Å². The van der Waals surface area contributed by atoms with Gasteiger partial charge in [0, 0.05) is 55.4 Å². The summed E-state index contributed by atoms with van der Waals surface area (Å²) in [5, 5.41) is 11.6. The Labute approximate surface area is 180 Å². The van der Waals surface area contributed by atoms with Gasteiger partial charge >= 0.3 is 0 Å². The first-order valence-electron chi connectivity index (χ1n) is 10.5. The Balaban J connectivity index is 1.37. The van der Waals surface area contributed by atoms with Crippen molar-refractivity contribution in [1.29, 1.82) is 0 Å². The Kier molecular flexibility index (Phi) is 4.95. The third-order valence-corrected chi connectivity index (χ3v) is 7.08. The number of H-pyrrole nitrogens is 1. The summed E-state index contributed by atoms with van der Waals surface area (Å²) in [7, 11) is 0. The first kappa shape index (κ1) is 19.5. The number of aromatic amines is 1. The number of benzene rings is 1. The lowest BCUT2D eigenvalue weighted by atomic mass is 9.71. The zero-order valence-electron chi connectivity index (χ0n) is 17.4. The molecule has 1 N–H and O–H groups in total. The number of amides is 1. The summed E-state index contributed by atoms with van der Waals surface area (Å²) < 4.78 is 0. The highest BCUT2D eigenvalue weighted by atomic mass is 32.1. The van der Waals surface area contributed by atoms with Gasteiger partial charge in [-0.05, 0) is 17.0 Å². The number of carbonyl (C=O) groups is 1. The van der Waals surface area contributed by atoms with Gasteiger partial charge in [0.2, 0.25) is 0 Å². The molecule has 0 saturated carbocycles. The fraction of sp³-hybridized carbons (Fsp3) is 0.435. The zero-order chi connectivity index (χ0) is 20.7. The van der Waals surface area contributed by atoms with Crippen LogP contribution in [0.15, 0.2) is 47.2 Å². The molecule has 7 heteroatoms. The van der Waals surface area contributed by atoms with Crippen molar-refractivity contribution in [2.24, 2.45) is 5.41 Å². The van der Waals surface area contributed by atoms with Crippen molar-refractivity contribution in [3.63, 3.8) is 0 Å². The van der Waals surface area contributed by atoms with Crippen LogP contribution in [0.2, 0.25) is 0 Å². The number of likely N-dealkylation sites (tertiary alicyclic amines) is 2. The van der Waals surface area contributed by atoms with E-state index < -0.39 is 0 Å². The molecular weight excluding hydrogens is 394 g/mol. The van der Waals surface area contributed by atoms with Crippen LogP contribution in [0.5, 0.6) is 0 Å². The molecule has 5 rings (SSSR count). The van der Waals surface area contributed by atoms with Gasteiger partial charge < -0.3 is 4.90 Å². The van der Waals surface area contributed by atoms with Crippen LogP contribution in [0.3, 0.4) is 0 Å². The summed E-state index contributed by atoms with van der Waals surface area (Å²) in [6, 6.07) is 12.5. The molecule has 0 radical (unpaired) electrons. The lowest BCUT2D eigenvalue weighted by molar-refractivity contribution is 0.00184. The lowest BCUT2D eigenvalue weighted by Gasteiger charge is -2.50. The van der Waals surface area contributed by atoms with Gasteiger partial charge in [-0.1, -0.05) is 44.2 Å². The number of hydrogen-bond acceptors (Lipinski definition) is 5. The molecule has 3 aromatic rings. The van der Waals surface area contributed by atoms with Gasteiger partial charge in [0.25, 0.3) is 5.91 Å².